The molecule has 168 valence electrons. The lowest BCUT2D eigenvalue weighted by atomic mass is 9.90. The fraction of sp³-hybridized carbons (Fsp3) is 0.522. The number of fused-ring (bicyclic) bond motifs is 1. The third-order valence-corrected chi connectivity index (χ3v) is 6.10. The summed E-state index contributed by atoms with van der Waals surface area (Å²) >= 11 is 5.48. The Balaban J connectivity index is 1.74. The van der Waals surface area contributed by atoms with E-state index < -0.39 is 5.97 Å². The van der Waals surface area contributed by atoms with Crippen molar-refractivity contribution in [1.82, 2.24) is 19.9 Å². The molecular weight excluding hydrogens is 410 g/mol. The predicted molar refractivity (Wildman–Crippen MR) is 129 cm³/mol. The fourth-order valence-corrected chi connectivity index (χ4v) is 4.17. The third-order valence-electron chi connectivity index (χ3n) is 5.79. The Morgan fingerprint density at radius 3 is 2.84 bits per heavy atom. The Kier molecular flexibility index (Phi) is 8.03. The molecule has 7 nitrogen and oxygen atoms in total. The average Bonchev–Trinajstić information content (AvgIpc) is 3.19. The van der Waals surface area contributed by atoms with Gasteiger partial charge in [0, 0.05) is 18.3 Å². The number of nitrogens with one attached hydrogen (secondary N) is 2. The summed E-state index contributed by atoms with van der Waals surface area (Å²) in [6.07, 6.45) is 7.28. The smallest absolute Gasteiger partial charge is 0.355 e. The highest BCUT2D eigenvalue weighted by Gasteiger charge is 2.24. The molecule has 0 radical (unpaired) electrons. The molecule has 0 saturated carbocycles. The van der Waals surface area contributed by atoms with Gasteiger partial charge >= 0.3 is 5.97 Å². The highest BCUT2D eigenvalue weighted by Crippen LogP contribution is 2.33. The van der Waals surface area contributed by atoms with Crippen LogP contribution in [0.1, 0.15) is 57.9 Å². The van der Waals surface area contributed by atoms with Crippen molar-refractivity contribution in [3.05, 3.63) is 36.5 Å². The Morgan fingerprint density at radius 1 is 1.45 bits per heavy atom. The van der Waals surface area contributed by atoms with Crippen LogP contribution in [0.5, 0.6) is 0 Å². The van der Waals surface area contributed by atoms with E-state index in [4.69, 9.17) is 22.0 Å². The summed E-state index contributed by atoms with van der Waals surface area (Å²) in [7, 11) is 0. The summed E-state index contributed by atoms with van der Waals surface area (Å²) in [6.45, 7) is 12.8. The van der Waals surface area contributed by atoms with E-state index in [1.165, 1.54) is 10.6 Å². The molecular formula is C23H33N5O2S. The van der Waals surface area contributed by atoms with Gasteiger partial charge in [-0.25, -0.2) is 9.78 Å². The highest BCUT2D eigenvalue weighted by atomic mass is 32.1. The number of H-pyrrole nitrogens is 1. The van der Waals surface area contributed by atoms with E-state index in [1.54, 1.807) is 0 Å². The standard InChI is InChI=1S/C23H33N5O2S/c1-5-7-12-28(30-21(29)6-2)23(31)26-20-9-8-19-22(25-20)18(15-24-19)17-10-13-27(14-11-17)16(3)4/h6,8-9,15-17,24H,2,5,7,10-14H2,1,3-4H3,(H,25,26,31). The molecule has 3 heterocycles. The third kappa shape index (κ3) is 5.83. The number of likely N-dealkylation sites (tertiary alicyclic amines) is 1. The van der Waals surface area contributed by atoms with Crippen LogP contribution in [-0.2, 0) is 9.63 Å². The summed E-state index contributed by atoms with van der Waals surface area (Å²) in [4.78, 5) is 27.7. The average molecular weight is 444 g/mol. The van der Waals surface area contributed by atoms with E-state index in [0.717, 1.165) is 55.9 Å². The van der Waals surface area contributed by atoms with Crippen molar-refractivity contribution >= 4 is 40.2 Å². The number of piperidine rings is 1. The molecule has 2 aromatic heterocycles. The number of unbranched alkanes of at least 4 members (excludes halogenated alkanes) is 1. The lowest BCUT2D eigenvalue weighted by Crippen LogP contribution is -2.37. The number of thiocarbonyl (C=S) groups is 1. The van der Waals surface area contributed by atoms with E-state index >= 15 is 0 Å². The first-order valence-corrected chi connectivity index (χ1v) is 11.5. The van der Waals surface area contributed by atoms with E-state index in [9.17, 15) is 4.79 Å². The van der Waals surface area contributed by atoms with E-state index in [2.05, 4.69) is 48.7 Å². The van der Waals surface area contributed by atoms with Crippen molar-refractivity contribution in [2.45, 2.75) is 58.4 Å². The second-order valence-corrected chi connectivity index (χ2v) is 8.63. The zero-order valence-corrected chi connectivity index (χ0v) is 19.5. The van der Waals surface area contributed by atoms with Gasteiger partial charge in [0.1, 0.15) is 5.82 Å². The number of nitrogens with zero attached hydrogens (tertiary/aromatic N) is 3. The molecule has 1 aliphatic rings. The fourth-order valence-electron chi connectivity index (χ4n) is 3.94. The van der Waals surface area contributed by atoms with Gasteiger partial charge in [-0.3, -0.25) is 0 Å². The molecule has 1 saturated heterocycles. The summed E-state index contributed by atoms with van der Waals surface area (Å²) in [6, 6.07) is 4.47. The van der Waals surface area contributed by atoms with Crippen LogP contribution in [0, 0.1) is 0 Å². The molecule has 0 aliphatic carbocycles. The van der Waals surface area contributed by atoms with Crippen LogP contribution in [-0.4, -0.2) is 56.7 Å². The Bertz CT molecular complexity index is 918. The zero-order valence-electron chi connectivity index (χ0n) is 18.7. The molecule has 0 unspecified atom stereocenters. The van der Waals surface area contributed by atoms with Crippen LogP contribution in [0.2, 0.25) is 0 Å². The largest absolute Gasteiger partial charge is 0.360 e. The number of hydrogen-bond donors (Lipinski definition) is 2. The summed E-state index contributed by atoms with van der Waals surface area (Å²) in [5, 5.41) is 4.83. The summed E-state index contributed by atoms with van der Waals surface area (Å²) in [5.41, 5.74) is 3.24. The number of rotatable bonds is 7. The van der Waals surface area contributed by atoms with Crippen molar-refractivity contribution in [2.24, 2.45) is 0 Å². The zero-order chi connectivity index (χ0) is 22.4. The second-order valence-electron chi connectivity index (χ2n) is 8.24. The summed E-state index contributed by atoms with van der Waals surface area (Å²) in [5.74, 6) is 0.589. The molecule has 3 rings (SSSR count). The van der Waals surface area contributed by atoms with Gasteiger partial charge in [-0.05, 0) is 82.0 Å². The van der Waals surface area contributed by atoms with Gasteiger partial charge < -0.3 is 20.0 Å². The van der Waals surface area contributed by atoms with Crippen LogP contribution in [0.25, 0.3) is 11.0 Å². The number of hydroxylamine groups is 2. The molecule has 0 amide bonds. The minimum Gasteiger partial charge on any atom is -0.360 e. The van der Waals surface area contributed by atoms with Crippen molar-refractivity contribution in [3.8, 4) is 0 Å². The number of aromatic amines is 1. The van der Waals surface area contributed by atoms with Gasteiger partial charge in [-0.15, -0.1) is 0 Å². The maximum absolute atomic E-state index is 11.7. The topological polar surface area (TPSA) is 73.5 Å². The number of carbonyl (C=O) groups excluding carboxylic acids is 1. The van der Waals surface area contributed by atoms with Crippen LogP contribution in [0.4, 0.5) is 5.82 Å². The van der Waals surface area contributed by atoms with Crippen molar-refractivity contribution in [2.75, 3.05) is 25.0 Å². The van der Waals surface area contributed by atoms with Crippen molar-refractivity contribution < 1.29 is 9.63 Å². The molecule has 0 bridgehead atoms. The van der Waals surface area contributed by atoms with Gasteiger partial charge in [-0.1, -0.05) is 19.9 Å². The maximum atomic E-state index is 11.7. The van der Waals surface area contributed by atoms with E-state index in [1.807, 2.05) is 12.1 Å². The summed E-state index contributed by atoms with van der Waals surface area (Å²) < 4.78 is 0. The van der Waals surface area contributed by atoms with Crippen LogP contribution in [0.3, 0.4) is 0 Å². The Morgan fingerprint density at radius 2 is 2.19 bits per heavy atom. The normalized spacial score (nSPS) is 15.2. The maximum Gasteiger partial charge on any atom is 0.355 e. The number of pyridine rings is 1. The highest BCUT2D eigenvalue weighted by molar-refractivity contribution is 7.80. The SMILES string of the molecule is C=CC(=O)ON(CCCC)C(=S)Nc1ccc2[nH]cc(C3CCN(C(C)C)CC3)c2n1. The first-order valence-electron chi connectivity index (χ1n) is 11.1. The Labute approximate surface area is 189 Å². The van der Waals surface area contributed by atoms with Gasteiger partial charge in [0.15, 0.2) is 0 Å². The van der Waals surface area contributed by atoms with E-state index in [0.29, 0.717) is 29.4 Å². The molecule has 2 N–H and O–H groups in total. The van der Waals surface area contributed by atoms with Gasteiger partial charge in [0.05, 0.1) is 17.6 Å². The molecule has 31 heavy (non-hydrogen) atoms. The van der Waals surface area contributed by atoms with Crippen LogP contribution >= 0.6 is 12.2 Å². The van der Waals surface area contributed by atoms with Crippen molar-refractivity contribution in [3.63, 3.8) is 0 Å². The molecule has 8 heteroatoms. The lowest BCUT2D eigenvalue weighted by Gasteiger charge is -2.34. The monoisotopic (exact) mass is 443 g/mol. The number of aromatic nitrogens is 2. The van der Waals surface area contributed by atoms with E-state index in [-0.39, 0.29) is 0 Å². The Hall–Kier alpha value is -2.45. The second kappa shape index (κ2) is 10.7. The molecule has 0 spiro atoms. The quantitative estimate of drug-likeness (QED) is 0.368. The van der Waals surface area contributed by atoms with Gasteiger partial charge in [0.2, 0.25) is 5.11 Å². The molecule has 0 aromatic carbocycles. The van der Waals surface area contributed by atoms with Crippen molar-refractivity contribution in [1.29, 1.82) is 0 Å². The van der Waals surface area contributed by atoms with Crippen LogP contribution < -0.4 is 5.32 Å². The number of hydrogen-bond acceptors (Lipinski definition) is 5. The number of carbonyl (C=O) groups is 1. The first kappa shape index (κ1) is 23.2. The molecule has 0 atom stereocenters. The minimum atomic E-state index is -0.538. The number of anilines is 1. The molecule has 2 aromatic rings. The molecule has 1 aliphatic heterocycles. The lowest BCUT2D eigenvalue weighted by molar-refractivity contribution is -0.165. The van der Waals surface area contributed by atoms with Gasteiger partial charge in [-0.2, -0.15) is 5.06 Å². The van der Waals surface area contributed by atoms with Crippen LogP contribution in [0.15, 0.2) is 31.0 Å². The minimum absolute atomic E-state index is 0.304. The van der Waals surface area contributed by atoms with Gasteiger partial charge in [0.25, 0.3) is 0 Å². The first-order chi connectivity index (χ1) is 14.9. The molecule has 1 fully saturated rings. The predicted octanol–water partition coefficient (Wildman–Crippen LogP) is 4.59.